The zero-order valence-electron chi connectivity index (χ0n) is 18.9. The first-order chi connectivity index (χ1) is 15.2. The molecule has 1 amide bonds. The topological polar surface area (TPSA) is 83.6 Å². The molecule has 6 nitrogen and oxygen atoms in total. The number of thiophene rings is 2. The number of aryl methyl sites for hydroxylation is 1. The van der Waals surface area contributed by atoms with E-state index < -0.39 is 0 Å². The van der Waals surface area contributed by atoms with Crippen molar-refractivity contribution in [2.24, 2.45) is 18.4 Å². The van der Waals surface area contributed by atoms with Gasteiger partial charge in [0.05, 0.1) is 15.7 Å². The van der Waals surface area contributed by atoms with Gasteiger partial charge >= 0.3 is 0 Å². The summed E-state index contributed by atoms with van der Waals surface area (Å²) < 4.78 is 1.97. The Bertz CT molecular complexity index is 1180. The molecule has 2 atom stereocenters. The molecule has 168 valence electrons. The third-order valence-electron chi connectivity index (χ3n) is 6.04. The Labute approximate surface area is 201 Å². The second-order valence-corrected chi connectivity index (χ2v) is 12.6. The van der Waals surface area contributed by atoms with Crippen LogP contribution in [0.1, 0.15) is 50.1 Å². The van der Waals surface area contributed by atoms with Gasteiger partial charge in [-0.25, -0.2) is 0 Å². The molecular weight excluding hydrogens is 458 g/mol. The molecule has 4 rings (SSSR count). The van der Waals surface area contributed by atoms with Crippen molar-refractivity contribution in [1.29, 1.82) is 5.26 Å². The normalized spacial score (nSPS) is 16.9. The van der Waals surface area contributed by atoms with E-state index in [1.807, 2.05) is 29.9 Å². The van der Waals surface area contributed by atoms with Crippen LogP contribution >= 0.6 is 34.4 Å². The van der Waals surface area contributed by atoms with Gasteiger partial charge in [0.1, 0.15) is 11.1 Å². The number of fused-ring (bicyclic) bond motifs is 1. The smallest absolute Gasteiger partial charge is 0.238 e. The van der Waals surface area contributed by atoms with Gasteiger partial charge in [-0.2, -0.15) is 5.26 Å². The van der Waals surface area contributed by atoms with Crippen LogP contribution in [0, 0.1) is 22.7 Å². The van der Waals surface area contributed by atoms with Crippen molar-refractivity contribution in [1.82, 2.24) is 14.8 Å². The van der Waals surface area contributed by atoms with E-state index in [1.165, 1.54) is 40.0 Å². The largest absolute Gasteiger partial charge is 0.316 e. The minimum Gasteiger partial charge on any atom is -0.316 e. The molecule has 9 heteroatoms. The molecule has 1 aliphatic rings. The Hall–Kier alpha value is -2.15. The molecule has 32 heavy (non-hydrogen) atoms. The Morgan fingerprint density at radius 2 is 2.19 bits per heavy atom. The maximum absolute atomic E-state index is 12.6. The van der Waals surface area contributed by atoms with Gasteiger partial charge < -0.3 is 9.88 Å². The van der Waals surface area contributed by atoms with Crippen molar-refractivity contribution < 1.29 is 4.79 Å². The number of hydrogen-bond acceptors (Lipinski definition) is 7. The average molecular weight is 486 g/mol. The molecule has 0 aliphatic heterocycles. The van der Waals surface area contributed by atoms with Crippen LogP contribution in [0.25, 0.3) is 10.7 Å². The predicted octanol–water partition coefficient (Wildman–Crippen LogP) is 5.75. The number of thioether (sulfide) groups is 1. The summed E-state index contributed by atoms with van der Waals surface area (Å²) in [5, 5.41) is 23.5. The van der Waals surface area contributed by atoms with E-state index in [-0.39, 0.29) is 11.2 Å². The highest BCUT2D eigenvalue weighted by molar-refractivity contribution is 8.00. The van der Waals surface area contributed by atoms with E-state index in [0.29, 0.717) is 27.1 Å². The molecule has 0 saturated heterocycles. The number of rotatable bonds is 5. The molecule has 3 aromatic rings. The quantitative estimate of drug-likeness (QED) is 0.465. The van der Waals surface area contributed by atoms with Gasteiger partial charge in [0, 0.05) is 11.9 Å². The zero-order chi connectivity index (χ0) is 23.0. The number of nitrogens with zero attached hydrogens (tertiary/aromatic N) is 4. The molecule has 2 unspecified atom stereocenters. The maximum Gasteiger partial charge on any atom is 0.238 e. The lowest BCUT2D eigenvalue weighted by atomic mass is 9.72. The van der Waals surface area contributed by atoms with Crippen molar-refractivity contribution in [3.05, 3.63) is 33.5 Å². The molecule has 3 heterocycles. The molecular formula is C23H27N5OS3. The summed E-state index contributed by atoms with van der Waals surface area (Å²) in [6, 6.07) is 6.09. The second-order valence-electron chi connectivity index (χ2n) is 9.25. The van der Waals surface area contributed by atoms with Crippen LogP contribution in [-0.2, 0) is 24.7 Å². The molecule has 3 aromatic heterocycles. The van der Waals surface area contributed by atoms with E-state index in [2.05, 4.69) is 48.4 Å². The van der Waals surface area contributed by atoms with Crippen molar-refractivity contribution in [3.63, 3.8) is 0 Å². The number of nitrogens with one attached hydrogen (secondary N) is 1. The monoisotopic (exact) mass is 485 g/mol. The zero-order valence-corrected chi connectivity index (χ0v) is 21.4. The molecule has 1 aliphatic carbocycles. The molecule has 1 N–H and O–H groups in total. The summed E-state index contributed by atoms with van der Waals surface area (Å²) in [6.45, 7) is 8.83. The average Bonchev–Trinajstić information content (AvgIpc) is 3.45. The van der Waals surface area contributed by atoms with Crippen LogP contribution in [0.4, 0.5) is 5.00 Å². The van der Waals surface area contributed by atoms with Gasteiger partial charge in [-0.1, -0.05) is 32.5 Å². The fraction of sp³-hybridized carbons (Fsp3) is 0.478. The Balaban J connectivity index is 1.47. The third-order valence-corrected chi connectivity index (χ3v) is 9.23. The first-order valence-corrected chi connectivity index (χ1v) is 13.2. The molecule has 0 spiro atoms. The highest BCUT2D eigenvalue weighted by Crippen LogP contribution is 2.42. The van der Waals surface area contributed by atoms with E-state index in [4.69, 9.17) is 5.26 Å². The number of hydrogen-bond donors (Lipinski definition) is 1. The van der Waals surface area contributed by atoms with Crippen molar-refractivity contribution in [2.45, 2.75) is 57.4 Å². The van der Waals surface area contributed by atoms with Crippen LogP contribution < -0.4 is 5.32 Å². The van der Waals surface area contributed by atoms with Gasteiger partial charge in [-0.05, 0) is 60.6 Å². The van der Waals surface area contributed by atoms with Gasteiger partial charge in [-0.15, -0.1) is 32.9 Å². The SMILES string of the molecule is CC(Sc1nnc(-c2cc3c(s2)CCC(C(C)(C)C)C3)n1C)C(=O)Nc1sccc1C#N. The summed E-state index contributed by atoms with van der Waals surface area (Å²) in [4.78, 5) is 15.2. The van der Waals surface area contributed by atoms with E-state index in [0.717, 1.165) is 23.5 Å². The Morgan fingerprint density at radius 1 is 1.41 bits per heavy atom. The van der Waals surface area contributed by atoms with Crippen LogP contribution in [0.15, 0.2) is 22.7 Å². The highest BCUT2D eigenvalue weighted by atomic mass is 32.2. The van der Waals surface area contributed by atoms with Gasteiger partial charge in [-0.3, -0.25) is 4.79 Å². The molecule has 0 aromatic carbocycles. The summed E-state index contributed by atoms with van der Waals surface area (Å²) in [5.41, 5.74) is 2.25. The number of amides is 1. The lowest BCUT2D eigenvalue weighted by Gasteiger charge is -2.33. The first-order valence-electron chi connectivity index (χ1n) is 10.6. The number of nitriles is 1. The minimum atomic E-state index is -0.372. The van der Waals surface area contributed by atoms with Gasteiger partial charge in [0.15, 0.2) is 11.0 Å². The lowest BCUT2D eigenvalue weighted by molar-refractivity contribution is -0.115. The number of carbonyl (C=O) groups excluding carboxylic acids is 1. The number of aromatic nitrogens is 3. The van der Waals surface area contributed by atoms with E-state index in [9.17, 15) is 4.79 Å². The number of anilines is 1. The maximum atomic E-state index is 12.6. The minimum absolute atomic E-state index is 0.154. The molecule has 0 bridgehead atoms. The molecule has 0 fully saturated rings. The van der Waals surface area contributed by atoms with Gasteiger partial charge in [0.2, 0.25) is 5.91 Å². The highest BCUT2D eigenvalue weighted by Gasteiger charge is 2.30. The first kappa shape index (κ1) is 23.0. The lowest BCUT2D eigenvalue weighted by Crippen LogP contribution is -2.26. The molecule has 0 radical (unpaired) electrons. The van der Waals surface area contributed by atoms with Crippen LogP contribution in [-0.4, -0.2) is 25.9 Å². The fourth-order valence-electron chi connectivity index (χ4n) is 3.92. The van der Waals surface area contributed by atoms with E-state index >= 15 is 0 Å². The summed E-state index contributed by atoms with van der Waals surface area (Å²) in [5.74, 6) is 1.39. The summed E-state index contributed by atoms with van der Waals surface area (Å²) >= 11 is 4.54. The summed E-state index contributed by atoms with van der Waals surface area (Å²) in [6.07, 6.45) is 3.49. The van der Waals surface area contributed by atoms with Crippen molar-refractivity contribution in [2.75, 3.05) is 5.32 Å². The van der Waals surface area contributed by atoms with Crippen LogP contribution in [0.5, 0.6) is 0 Å². The molecule has 0 saturated carbocycles. The fourth-order valence-corrected chi connectivity index (χ4v) is 6.71. The van der Waals surface area contributed by atoms with Crippen LogP contribution in [0.2, 0.25) is 0 Å². The Morgan fingerprint density at radius 3 is 2.91 bits per heavy atom. The Kier molecular flexibility index (Phi) is 6.48. The third kappa shape index (κ3) is 4.63. The standard InChI is InChI=1S/C23H27N5OS3/c1-13(20(29)25-21-14(12-24)8-9-30-21)31-22-27-26-19(28(22)5)18-11-15-10-16(23(2,3)4)6-7-17(15)32-18/h8-9,11,13,16H,6-7,10H2,1-5H3,(H,25,29). The second kappa shape index (κ2) is 9.00. The number of carbonyl (C=O) groups is 1. The summed E-state index contributed by atoms with van der Waals surface area (Å²) in [7, 11) is 1.95. The van der Waals surface area contributed by atoms with E-state index in [1.54, 1.807) is 11.4 Å². The van der Waals surface area contributed by atoms with Gasteiger partial charge in [0.25, 0.3) is 0 Å². The van der Waals surface area contributed by atoms with Crippen molar-refractivity contribution in [3.8, 4) is 16.8 Å². The predicted molar refractivity (Wildman–Crippen MR) is 132 cm³/mol. The van der Waals surface area contributed by atoms with Crippen LogP contribution in [0.3, 0.4) is 0 Å². The van der Waals surface area contributed by atoms with Crippen molar-refractivity contribution >= 4 is 45.3 Å².